The average molecular weight is 445 g/mol. The minimum Gasteiger partial charge on any atom is -0.381 e. The first kappa shape index (κ1) is 19.2. The molecule has 21 heavy (non-hydrogen) atoms. The third-order valence-electron chi connectivity index (χ3n) is 3.31. The minimum absolute atomic E-state index is 0. The van der Waals surface area contributed by atoms with Crippen LogP contribution in [0.25, 0.3) is 10.8 Å². The molecule has 2 aromatic carbocycles. The molecule has 2 aliphatic rings. The minimum atomic E-state index is 0. The molecule has 0 unspecified atom stereocenters. The number of hydrogen-bond acceptors (Lipinski definition) is 2. The molecule has 0 spiro atoms. The van der Waals surface area contributed by atoms with E-state index in [1.807, 2.05) is 0 Å². The predicted molar refractivity (Wildman–Crippen MR) is 84.1 cm³/mol. The van der Waals surface area contributed by atoms with Gasteiger partial charge in [-0.3, -0.25) is 0 Å². The first-order chi connectivity index (χ1) is 9.97. The molecular formula is C18H24O2Yb. The van der Waals surface area contributed by atoms with Gasteiger partial charge in [0.15, 0.2) is 0 Å². The van der Waals surface area contributed by atoms with Crippen molar-refractivity contribution >= 4 is 10.8 Å². The van der Waals surface area contributed by atoms with Gasteiger partial charge in [0.25, 0.3) is 0 Å². The Balaban J connectivity index is 0.000000171. The molecule has 2 fully saturated rings. The summed E-state index contributed by atoms with van der Waals surface area (Å²) < 4.78 is 9.89. The van der Waals surface area contributed by atoms with Gasteiger partial charge >= 0.3 is 0 Å². The maximum atomic E-state index is 4.94. The van der Waals surface area contributed by atoms with Crippen LogP contribution in [0.1, 0.15) is 25.7 Å². The molecular weight excluding hydrogens is 421 g/mol. The van der Waals surface area contributed by atoms with E-state index in [-0.39, 0.29) is 46.9 Å². The summed E-state index contributed by atoms with van der Waals surface area (Å²) in [5.41, 5.74) is 0. The fraction of sp³-hybridized carbons (Fsp3) is 0.444. The van der Waals surface area contributed by atoms with Crippen molar-refractivity contribution in [1.82, 2.24) is 0 Å². The van der Waals surface area contributed by atoms with Crippen LogP contribution in [-0.2, 0) is 9.47 Å². The Hall–Kier alpha value is 0.139. The van der Waals surface area contributed by atoms with Gasteiger partial charge in [0.05, 0.1) is 0 Å². The third-order valence-corrected chi connectivity index (χ3v) is 3.31. The molecule has 2 saturated heterocycles. The predicted octanol–water partition coefficient (Wildman–Crippen LogP) is 4.43. The average Bonchev–Trinajstić information content (AvgIpc) is 3.25. The summed E-state index contributed by atoms with van der Waals surface area (Å²) in [6.07, 6.45) is 5.11. The fourth-order valence-corrected chi connectivity index (χ4v) is 2.15. The Kier molecular flexibility index (Phi) is 11.6. The van der Waals surface area contributed by atoms with E-state index in [2.05, 4.69) is 48.5 Å². The van der Waals surface area contributed by atoms with Gasteiger partial charge in [0.1, 0.15) is 0 Å². The van der Waals surface area contributed by atoms with Crippen LogP contribution < -0.4 is 0 Å². The van der Waals surface area contributed by atoms with E-state index in [4.69, 9.17) is 9.47 Å². The summed E-state index contributed by atoms with van der Waals surface area (Å²) in [5.74, 6) is 0. The molecule has 0 atom stereocenters. The SMILES string of the molecule is C1CCOC1.C1CCOC1.[Yb].c1ccc2ccccc2c1. The molecule has 0 aromatic heterocycles. The summed E-state index contributed by atoms with van der Waals surface area (Å²) in [5, 5.41) is 2.62. The summed E-state index contributed by atoms with van der Waals surface area (Å²) in [7, 11) is 0. The molecule has 0 N–H and O–H groups in total. The number of rotatable bonds is 0. The van der Waals surface area contributed by atoms with E-state index in [0.29, 0.717) is 0 Å². The molecule has 2 aromatic rings. The number of ether oxygens (including phenoxy) is 2. The van der Waals surface area contributed by atoms with Crippen molar-refractivity contribution in [3.63, 3.8) is 0 Å². The van der Waals surface area contributed by atoms with Crippen LogP contribution in [0.15, 0.2) is 48.5 Å². The van der Waals surface area contributed by atoms with Gasteiger partial charge in [-0.1, -0.05) is 48.5 Å². The molecule has 0 radical (unpaired) electrons. The van der Waals surface area contributed by atoms with Gasteiger partial charge in [0, 0.05) is 73.4 Å². The van der Waals surface area contributed by atoms with Gasteiger partial charge in [-0.15, -0.1) is 0 Å². The van der Waals surface area contributed by atoms with Crippen LogP contribution >= 0.6 is 0 Å². The maximum Gasteiger partial charge on any atom is 0.0466 e. The summed E-state index contributed by atoms with van der Waals surface area (Å²) in [4.78, 5) is 0. The number of hydrogen-bond donors (Lipinski definition) is 0. The van der Waals surface area contributed by atoms with Crippen LogP contribution in [0.5, 0.6) is 0 Å². The van der Waals surface area contributed by atoms with Crippen LogP contribution in [0.3, 0.4) is 0 Å². The second-order valence-corrected chi connectivity index (χ2v) is 4.99. The van der Waals surface area contributed by atoms with Crippen molar-refractivity contribution in [3.8, 4) is 0 Å². The van der Waals surface area contributed by atoms with Gasteiger partial charge < -0.3 is 9.47 Å². The van der Waals surface area contributed by atoms with Crippen molar-refractivity contribution in [3.05, 3.63) is 48.5 Å². The topological polar surface area (TPSA) is 18.5 Å². The van der Waals surface area contributed by atoms with Crippen LogP contribution in [-0.4, -0.2) is 26.4 Å². The molecule has 3 heteroatoms. The zero-order valence-corrected chi connectivity index (χ0v) is 14.1. The Morgan fingerprint density at radius 1 is 0.524 bits per heavy atom. The monoisotopic (exact) mass is 446 g/mol. The van der Waals surface area contributed by atoms with E-state index in [9.17, 15) is 0 Å². The quantitative estimate of drug-likeness (QED) is 0.597. The van der Waals surface area contributed by atoms with Gasteiger partial charge in [-0.2, -0.15) is 0 Å². The maximum absolute atomic E-state index is 4.94. The molecule has 0 aliphatic carbocycles. The third kappa shape index (κ3) is 8.37. The van der Waals surface area contributed by atoms with Crippen molar-refractivity contribution < 1.29 is 56.4 Å². The van der Waals surface area contributed by atoms with Gasteiger partial charge in [-0.05, 0) is 36.5 Å². The largest absolute Gasteiger partial charge is 0.381 e. The number of benzene rings is 2. The molecule has 122 valence electrons. The number of fused-ring (bicyclic) bond motifs is 1. The molecule has 0 bridgehead atoms. The first-order valence-corrected chi connectivity index (χ1v) is 7.56. The van der Waals surface area contributed by atoms with Crippen molar-refractivity contribution in [2.45, 2.75) is 25.7 Å². The van der Waals surface area contributed by atoms with Crippen LogP contribution in [0, 0.1) is 46.9 Å². The Bertz CT molecular complexity index is 389. The molecule has 4 rings (SSSR count). The molecule has 0 saturated carbocycles. The smallest absolute Gasteiger partial charge is 0.0466 e. The van der Waals surface area contributed by atoms with Gasteiger partial charge in [0.2, 0.25) is 0 Å². The Labute approximate surface area is 166 Å². The molecule has 2 aliphatic heterocycles. The molecule has 2 nitrogen and oxygen atoms in total. The van der Waals surface area contributed by atoms with E-state index >= 15 is 0 Å². The van der Waals surface area contributed by atoms with Crippen LogP contribution in [0.2, 0.25) is 0 Å². The summed E-state index contributed by atoms with van der Waals surface area (Å²) >= 11 is 0. The summed E-state index contributed by atoms with van der Waals surface area (Å²) in [6, 6.07) is 16.7. The van der Waals surface area contributed by atoms with E-state index < -0.39 is 0 Å². The molecule has 2 heterocycles. The standard InChI is InChI=1S/C10H8.2C4H8O.Yb/c1-2-6-10-8-4-3-7-9(10)5-1;2*1-2-4-5-3-1;/h1-8H;2*1-4H2;. The van der Waals surface area contributed by atoms with E-state index in [1.54, 1.807) is 0 Å². The van der Waals surface area contributed by atoms with Crippen molar-refractivity contribution in [1.29, 1.82) is 0 Å². The molecule has 0 amide bonds. The first-order valence-electron chi connectivity index (χ1n) is 7.56. The van der Waals surface area contributed by atoms with E-state index in [1.165, 1.54) is 36.5 Å². The Morgan fingerprint density at radius 3 is 1.00 bits per heavy atom. The zero-order chi connectivity index (χ0) is 13.9. The Morgan fingerprint density at radius 2 is 0.810 bits per heavy atom. The van der Waals surface area contributed by atoms with Crippen LogP contribution in [0.4, 0.5) is 0 Å². The van der Waals surface area contributed by atoms with Gasteiger partial charge in [-0.25, -0.2) is 0 Å². The normalized spacial score (nSPS) is 16.2. The zero-order valence-electron chi connectivity index (χ0n) is 12.4. The second-order valence-electron chi connectivity index (χ2n) is 4.99. The summed E-state index contributed by atoms with van der Waals surface area (Å²) in [6.45, 7) is 4.00. The fourth-order valence-electron chi connectivity index (χ4n) is 2.15. The van der Waals surface area contributed by atoms with Crippen molar-refractivity contribution in [2.75, 3.05) is 26.4 Å². The van der Waals surface area contributed by atoms with Crippen molar-refractivity contribution in [2.24, 2.45) is 0 Å². The van der Waals surface area contributed by atoms with E-state index in [0.717, 1.165) is 26.4 Å². The second kappa shape index (κ2) is 12.7.